The van der Waals surface area contributed by atoms with Crippen molar-refractivity contribution in [1.82, 2.24) is 5.32 Å². The van der Waals surface area contributed by atoms with Gasteiger partial charge in [0, 0.05) is 6.04 Å². The lowest BCUT2D eigenvalue weighted by Crippen LogP contribution is -2.21. The molecule has 0 aliphatic carbocycles. The molecule has 102 valence electrons. The van der Waals surface area contributed by atoms with Crippen LogP contribution in [0, 0.1) is 40.5 Å². The molecular weight excluding hydrogens is 218 g/mol. The van der Waals surface area contributed by atoms with Gasteiger partial charge in [-0.15, -0.1) is 0 Å². The van der Waals surface area contributed by atoms with Gasteiger partial charge in [0.15, 0.2) is 0 Å². The van der Waals surface area contributed by atoms with Crippen molar-refractivity contribution < 1.29 is 0 Å². The average molecular weight is 247 g/mol. The second-order valence-electron chi connectivity index (χ2n) is 6.01. The summed E-state index contributed by atoms with van der Waals surface area (Å²) in [7, 11) is 2.08. The highest BCUT2D eigenvalue weighted by atomic mass is 14.9. The van der Waals surface area contributed by atoms with Crippen LogP contribution in [-0.4, -0.2) is 7.05 Å². The summed E-state index contributed by atoms with van der Waals surface area (Å²) in [5.41, 5.74) is 8.82. The smallest absolute Gasteiger partial charge is 0.0325 e. The van der Waals surface area contributed by atoms with Gasteiger partial charge < -0.3 is 5.32 Å². The SMILES string of the molecule is CNC(CC(C)C)c1c(C)c(C)c(C)c(C)c1C. The molecule has 0 bridgehead atoms. The molecule has 1 unspecified atom stereocenters. The number of benzene rings is 1. The van der Waals surface area contributed by atoms with Crippen LogP contribution in [-0.2, 0) is 0 Å². The lowest BCUT2D eigenvalue weighted by molar-refractivity contribution is 0.453. The third kappa shape index (κ3) is 2.77. The van der Waals surface area contributed by atoms with Crippen LogP contribution in [0.5, 0.6) is 0 Å². The molecule has 1 N–H and O–H groups in total. The number of nitrogens with one attached hydrogen (secondary N) is 1. The van der Waals surface area contributed by atoms with Gasteiger partial charge in [0.1, 0.15) is 0 Å². The third-order valence-corrected chi connectivity index (χ3v) is 4.46. The van der Waals surface area contributed by atoms with E-state index in [2.05, 4.69) is 60.8 Å². The Balaban J connectivity index is 3.39. The molecule has 0 spiro atoms. The quantitative estimate of drug-likeness (QED) is 0.824. The molecule has 1 aromatic rings. The zero-order valence-corrected chi connectivity index (χ0v) is 13.4. The first kappa shape index (κ1) is 15.2. The largest absolute Gasteiger partial charge is 0.313 e. The molecular formula is C17H29N. The Bertz CT molecular complexity index is 401. The molecule has 1 heteroatoms. The lowest BCUT2D eigenvalue weighted by Gasteiger charge is -2.26. The average Bonchev–Trinajstić information content (AvgIpc) is 2.32. The van der Waals surface area contributed by atoms with Crippen molar-refractivity contribution in [2.24, 2.45) is 5.92 Å². The van der Waals surface area contributed by atoms with Gasteiger partial charge in [-0.05, 0) is 87.4 Å². The highest BCUT2D eigenvalue weighted by Crippen LogP contribution is 2.32. The number of rotatable bonds is 4. The Morgan fingerprint density at radius 2 is 1.17 bits per heavy atom. The molecule has 0 saturated heterocycles. The zero-order valence-electron chi connectivity index (χ0n) is 13.4. The summed E-state index contributed by atoms with van der Waals surface area (Å²) in [6.45, 7) is 15.9. The van der Waals surface area contributed by atoms with E-state index in [4.69, 9.17) is 0 Å². The number of hydrogen-bond donors (Lipinski definition) is 1. The molecule has 0 aliphatic rings. The Kier molecular flexibility index (Phi) is 4.98. The summed E-state index contributed by atoms with van der Waals surface area (Å²) in [6.07, 6.45) is 1.19. The van der Waals surface area contributed by atoms with Crippen molar-refractivity contribution in [3.63, 3.8) is 0 Å². The fourth-order valence-corrected chi connectivity index (χ4v) is 2.90. The van der Waals surface area contributed by atoms with Crippen LogP contribution in [0.4, 0.5) is 0 Å². The van der Waals surface area contributed by atoms with E-state index in [0.29, 0.717) is 12.0 Å². The summed E-state index contributed by atoms with van der Waals surface area (Å²) in [5.74, 6) is 0.711. The van der Waals surface area contributed by atoms with Gasteiger partial charge in [-0.3, -0.25) is 0 Å². The predicted octanol–water partition coefficient (Wildman–Crippen LogP) is 4.54. The molecule has 0 fully saturated rings. The van der Waals surface area contributed by atoms with Crippen molar-refractivity contribution in [3.8, 4) is 0 Å². The van der Waals surface area contributed by atoms with Gasteiger partial charge in [-0.1, -0.05) is 13.8 Å². The highest BCUT2D eigenvalue weighted by Gasteiger charge is 2.19. The molecule has 0 radical (unpaired) electrons. The van der Waals surface area contributed by atoms with E-state index in [1.165, 1.54) is 39.8 Å². The summed E-state index contributed by atoms with van der Waals surface area (Å²) in [5, 5.41) is 3.51. The maximum absolute atomic E-state index is 3.51. The Hall–Kier alpha value is -0.820. The van der Waals surface area contributed by atoms with Crippen LogP contribution < -0.4 is 5.32 Å². The van der Waals surface area contributed by atoms with E-state index in [0.717, 1.165) is 0 Å². The minimum Gasteiger partial charge on any atom is -0.313 e. The van der Waals surface area contributed by atoms with Gasteiger partial charge in [0.25, 0.3) is 0 Å². The fraction of sp³-hybridized carbons (Fsp3) is 0.647. The first-order valence-corrected chi connectivity index (χ1v) is 7.05. The maximum Gasteiger partial charge on any atom is 0.0325 e. The van der Waals surface area contributed by atoms with Crippen LogP contribution in [0.2, 0.25) is 0 Å². The van der Waals surface area contributed by atoms with E-state index in [9.17, 15) is 0 Å². The van der Waals surface area contributed by atoms with E-state index in [1.807, 2.05) is 0 Å². The van der Waals surface area contributed by atoms with Crippen LogP contribution in [0.1, 0.15) is 59.7 Å². The van der Waals surface area contributed by atoms with Crippen LogP contribution >= 0.6 is 0 Å². The minimum atomic E-state index is 0.475. The molecule has 0 saturated carbocycles. The van der Waals surface area contributed by atoms with E-state index >= 15 is 0 Å². The first-order chi connectivity index (χ1) is 8.31. The molecule has 1 atom stereocenters. The van der Waals surface area contributed by atoms with Crippen LogP contribution in [0.15, 0.2) is 0 Å². The third-order valence-electron chi connectivity index (χ3n) is 4.46. The molecule has 0 amide bonds. The fourth-order valence-electron chi connectivity index (χ4n) is 2.90. The van der Waals surface area contributed by atoms with Gasteiger partial charge in [-0.2, -0.15) is 0 Å². The lowest BCUT2D eigenvalue weighted by atomic mass is 9.84. The summed E-state index contributed by atoms with van der Waals surface area (Å²) < 4.78 is 0. The minimum absolute atomic E-state index is 0.475. The second kappa shape index (κ2) is 5.88. The summed E-state index contributed by atoms with van der Waals surface area (Å²) >= 11 is 0. The van der Waals surface area contributed by atoms with Gasteiger partial charge >= 0.3 is 0 Å². The molecule has 0 aromatic heterocycles. The van der Waals surface area contributed by atoms with Crippen molar-refractivity contribution in [2.75, 3.05) is 7.05 Å². The molecule has 0 aliphatic heterocycles. The normalized spacial score (nSPS) is 13.2. The molecule has 1 aromatic carbocycles. The summed E-state index contributed by atoms with van der Waals surface area (Å²) in [6, 6.07) is 0.475. The van der Waals surface area contributed by atoms with Gasteiger partial charge in [0.05, 0.1) is 0 Å². The summed E-state index contributed by atoms with van der Waals surface area (Å²) in [4.78, 5) is 0. The maximum atomic E-state index is 3.51. The van der Waals surface area contributed by atoms with E-state index in [-0.39, 0.29) is 0 Å². The zero-order chi connectivity index (χ0) is 14.0. The Morgan fingerprint density at radius 1 is 0.778 bits per heavy atom. The van der Waals surface area contributed by atoms with E-state index in [1.54, 1.807) is 0 Å². The first-order valence-electron chi connectivity index (χ1n) is 7.05. The van der Waals surface area contributed by atoms with Crippen LogP contribution in [0.3, 0.4) is 0 Å². The highest BCUT2D eigenvalue weighted by molar-refractivity contribution is 5.50. The van der Waals surface area contributed by atoms with Gasteiger partial charge in [0.2, 0.25) is 0 Å². The molecule has 18 heavy (non-hydrogen) atoms. The van der Waals surface area contributed by atoms with Gasteiger partial charge in [-0.25, -0.2) is 0 Å². The van der Waals surface area contributed by atoms with Crippen molar-refractivity contribution >= 4 is 0 Å². The number of hydrogen-bond acceptors (Lipinski definition) is 1. The second-order valence-corrected chi connectivity index (χ2v) is 6.01. The van der Waals surface area contributed by atoms with Crippen molar-refractivity contribution in [2.45, 2.75) is 60.9 Å². The Morgan fingerprint density at radius 3 is 1.50 bits per heavy atom. The monoisotopic (exact) mass is 247 g/mol. The van der Waals surface area contributed by atoms with Crippen molar-refractivity contribution in [1.29, 1.82) is 0 Å². The molecule has 1 rings (SSSR count). The predicted molar refractivity (Wildman–Crippen MR) is 81.4 cm³/mol. The van der Waals surface area contributed by atoms with E-state index < -0.39 is 0 Å². The molecule has 1 nitrogen and oxygen atoms in total. The Labute approximate surface area is 113 Å². The van der Waals surface area contributed by atoms with Crippen molar-refractivity contribution in [3.05, 3.63) is 33.4 Å². The topological polar surface area (TPSA) is 12.0 Å². The molecule has 0 heterocycles. The van der Waals surface area contributed by atoms with Crippen LogP contribution in [0.25, 0.3) is 0 Å². The standard InChI is InChI=1S/C17H29N/c1-10(2)9-16(18-8)17-14(6)12(4)11(3)13(5)15(17)7/h10,16,18H,9H2,1-8H3.